The maximum absolute atomic E-state index is 12.3. The molecule has 0 aromatic carbocycles. The zero-order valence-electron chi connectivity index (χ0n) is 9.70. The summed E-state index contributed by atoms with van der Waals surface area (Å²) in [5.74, 6) is 0.868. The molecule has 2 aromatic heterocycles. The molecule has 88 valence electrons. The third-order valence-corrected chi connectivity index (χ3v) is 3.50. The molecule has 5 heteroatoms. The van der Waals surface area contributed by atoms with E-state index in [1.807, 2.05) is 6.07 Å². The maximum Gasteiger partial charge on any atom is 0.280 e. The van der Waals surface area contributed by atoms with Gasteiger partial charge in [-0.25, -0.2) is 9.97 Å². The van der Waals surface area contributed by atoms with E-state index < -0.39 is 0 Å². The van der Waals surface area contributed by atoms with Gasteiger partial charge in [-0.05, 0) is 27.4 Å². The summed E-state index contributed by atoms with van der Waals surface area (Å²) in [5, 5.41) is 0. The molecule has 0 fully saturated rings. The van der Waals surface area contributed by atoms with Crippen LogP contribution in [-0.4, -0.2) is 14.5 Å². The van der Waals surface area contributed by atoms with Crippen LogP contribution >= 0.6 is 15.9 Å². The third-order valence-electron chi connectivity index (χ3n) is 3.07. The molecule has 0 saturated carbocycles. The van der Waals surface area contributed by atoms with Gasteiger partial charge in [-0.2, -0.15) is 0 Å². The molecule has 17 heavy (non-hydrogen) atoms. The molecule has 0 atom stereocenters. The number of hydrogen-bond donors (Lipinski definition) is 0. The first kappa shape index (κ1) is 10.9. The number of rotatable bonds is 0. The van der Waals surface area contributed by atoms with E-state index in [9.17, 15) is 4.79 Å². The number of nitrogens with zero attached hydrogens (tertiary/aromatic N) is 3. The van der Waals surface area contributed by atoms with Crippen molar-refractivity contribution >= 4 is 27.0 Å². The van der Waals surface area contributed by atoms with Crippen molar-refractivity contribution in [2.45, 2.75) is 26.8 Å². The Bertz CT molecular complexity index is 675. The highest BCUT2D eigenvalue weighted by molar-refractivity contribution is 9.10. The average molecular weight is 294 g/mol. The second-order valence-electron chi connectivity index (χ2n) is 5.28. The Hall–Kier alpha value is -1.23. The molecular weight excluding hydrogens is 282 g/mol. The molecule has 2 aromatic rings. The van der Waals surface area contributed by atoms with Crippen LogP contribution in [-0.2, 0) is 13.0 Å². The van der Waals surface area contributed by atoms with E-state index >= 15 is 0 Å². The SMILES string of the molecule is CC1(C)Cc2nc3cc(Br)cnc3c(=O)n2C1. The van der Waals surface area contributed by atoms with Gasteiger partial charge in [0, 0.05) is 23.6 Å². The summed E-state index contributed by atoms with van der Waals surface area (Å²) in [6, 6.07) is 1.84. The summed E-state index contributed by atoms with van der Waals surface area (Å²) in [6.45, 7) is 5.02. The molecule has 4 nitrogen and oxygen atoms in total. The normalized spacial score (nSPS) is 17.4. The molecule has 3 rings (SSSR count). The van der Waals surface area contributed by atoms with Crippen molar-refractivity contribution < 1.29 is 0 Å². The van der Waals surface area contributed by atoms with Gasteiger partial charge in [0.2, 0.25) is 0 Å². The molecule has 3 heterocycles. The van der Waals surface area contributed by atoms with Crippen LogP contribution in [0.25, 0.3) is 11.0 Å². The largest absolute Gasteiger partial charge is 0.294 e. The fourth-order valence-corrected chi connectivity index (χ4v) is 2.65. The first-order chi connectivity index (χ1) is 7.96. The summed E-state index contributed by atoms with van der Waals surface area (Å²) in [5.41, 5.74) is 1.21. The molecule has 0 amide bonds. The van der Waals surface area contributed by atoms with Crippen molar-refractivity contribution in [3.05, 3.63) is 32.9 Å². The molecule has 0 unspecified atom stereocenters. The van der Waals surface area contributed by atoms with Crippen LogP contribution in [0, 0.1) is 5.41 Å². The standard InChI is InChI=1S/C12H12BrN3O/c1-12(2)4-9-15-8-3-7(13)5-14-10(8)11(17)16(9)6-12/h3,5H,4,6H2,1-2H3. The zero-order valence-corrected chi connectivity index (χ0v) is 11.3. The lowest BCUT2D eigenvalue weighted by atomic mass is 9.92. The number of fused-ring (bicyclic) bond motifs is 2. The van der Waals surface area contributed by atoms with Gasteiger partial charge < -0.3 is 0 Å². The third kappa shape index (κ3) is 1.69. The molecule has 0 spiro atoms. The van der Waals surface area contributed by atoms with E-state index in [1.54, 1.807) is 10.8 Å². The molecule has 1 aliphatic rings. The summed E-state index contributed by atoms with van der Waals surface area (Å²) in [7, 11) is 0. The Kier molecular flexibility index (Phi) is 2.17. The minimum Gasteiger partial charge on any atom is -0.294 e. The first-order valence-corrected chi connectivity index (χ1v) is 6.31. The fraction of sp³-hybridized carbons (Fsp3) is 0.417. The Morgan fingerprint density at radius 1 is 1.47 bits per heavy atom. The van der Waals surface area contributed by atoms with Crippen LogP contribution in [0.2, 0.25) is 0 Å². The number of aromatic nitrogens is 3. The van der Waals surface area contributed by atoms with Crippen LogP contribution in [0.1, 0.15) is 19.7 Å². The highest BCUT2D eigenvalue weighted by atomic mass is 79.9. The topological polar surface area (TPSA) is 47.8 Å². The van der Waals surface area contributed by atoms with E-state index in [1.165, 1.54) is 0 Å². The minimum absolute atomic E-state index is 0.0249. The van der Waals surface area contributed by atoms with Crippen molar-refractivity contribution in [3.63, 3.8) is 0 Å². The summed E-state index contributed by atoms with van der Waals surface area (Å²) >= 11 is 3.35. The van der Waals surface area contributed by atoms with Crippen molar-refractivity contribution in [1.29, 1.82) is 0 Å². The van der Waals surface area contributed by atoms with Gasteiger partial charge >= 0.3 is 0 Å². The summed E-state index contributed by atoms with van der Waals surface area (Å²) in [4.78, 5) is 21.0. The van der Waals surface area contributed by atoms with Crippen LogP contribution in [0.15, 0.2) is 21.5 Å². The van der Waals surface area contributed by atoms with Gasteiger partial charge in [-0.3, -0.25) is 9.36 Å². The molecule has 0 saturated heterocycles. The predicted octanol–water partition coefficient (Wildman–Crippen LogP) is 2.14. The van der Waals surface area contributed by atoms with E-state index in [0.717, 1.165) is 23.3 Å². The lowest BCUT2D eigenvalue weighted by Gasteiger charge is -2.13. The zero-order chi connectivity index (χ0) is 12.2. The van der Waals surface area contributed by atoms with Crippen LogP contribution in [0.4, 0.5) is 0 Å². The van der Waals surface area contributed by atoms with E-state index in [0.29, 0.717) is 11.0 Å². The lowest BCUT2D eigenvalue weighted by Crippen LogP contribution is -2.23. The quantitative estimate of drug-likeness (QED) is 0.748. The lowest BCUT2D eigenvalue weighted by molar-refractivity contribution is 0.357. The number of hydrogen-bond acceptors (Lipinski definition) is 3. The molecular formula is C12H12BrN3O. The molecule has 0 aliphatic carbocycles. The van der Waals surface area contributed by atoms with Crippen molar-refractivity contribution in [3.8, 4) is 0 Å². The van der Waals surface area contributed by atoms with Crippen LogP contribution in [0.3, 0.4) is 0 Å². The predicted molar refractivity (Wildman–Crippen MR) is 69.0 cm³/mol. The Balaban J connectivity index is 2.35. The molecule has 0 bridgehead atoms. The Labute approximate surface area is 107 Å². The van der Waals surface area contributed by atoms with Crippen LogP contribution in [0.5, 0.6) is 0 Å². The first-order valence-electron chi connectivity index (χ1n) is 5.51. The number of pyridine rings is 1. The van der Waals surface area contributed by atoms with Gasteiger partial charge in [0.1, 0.15) is 5.82 Å². The summed E-state index contributed by atoms with van der Waals surface area (Å²) in [6.07, 6.45) is 2.48. The van der Waals surface area contributed by atoms with E-state index in [-0.39, 0.29) is 11.0 Å². The number of halogens is 1. The van der Waals surface area contributed by atoms with Gasteiger partial charge in [0.15, 0.2) is 5.52 Å². The summed E-state index contributed by atoms with van der Waals surface area (Å²) < 4.78 is 2.60. The second kappa shape index (κ2) is 3.38. The van der Waals surface area contributed by atoms with Crippen molar-refractivity contribution in [1.82, 2.24) is 14.5 Å². The average Bonchev–Trinajstić information content (AvgIpc) is 2.53. The Morgan fingerprint density at radius 2 is 2.24 bits per heavy atom. The highest BCUT2D eigenvalue weighted by Gasteiger charge is 2.31. The minimum atomic E-state index is -0.0249. The molecule has 0 radical (unpaired) electrons. The molecule has 0 N–H and O–H groups in total. The second-order valence-corrected chi connectivity index (χ2v) is 6.20. The highest BCUT2D eigenvalue weighted by Crippen LogP contribution is 2.29. The monoisotopic (exact) mass is 293 g/mol. The Morgan fingerprint density at radius 3 is 3.00 bits per heavy atom. The van der Waals surface area contributed by atoms with Crippen molar-refractivity contribution in [2.24, 2.45) is 5.41 Å². The molecule has 1 aliphatic heterocycles. The van der Waals surface area contributed by atoms with Gasteiger partial charge in [0.25, 0.3) is 5.56 Å². The van der Waals surface area contributed by atoms with Gasteiger partial charge in [-0.1, -0.05) is 13.8 Å². The van der Waals surface area contributed by atoms with Gasteiger partial charge in [0.05, 0.1) is 5.52 Å². The fourth-order valence-electron chi connectivity index (χ4n) is 2.33. The smallest absolute Gasteiger partial charge is 0.280 e. The van der Waals surface area contributed by atoms with Crippen LogP contribution < -0.4 is 5.56 Å². The maximum atomic E-state index is 12.3. The van der Waals surface area contributed by atoms with Crippen molar-refractivity contribution in [2.75, 3.05) is 0 Å². The van der Waals surface area contributed by atoms with Gasteiger partial charge in [-0.15, -0.1) is 0 Å². The van der Waals surface area contributed by atoms with E-state index in [4.69, 9.17) is 0 Å². The van der Waals surface area contributed by atoms with E-state index in [2.05, 4.69) is 39.7 Å².